The fraction of sp³-hybridized carbons (Fsp3) is 0.0531. The summed E-state index contributed by atoms with van der Waals surface area (Å²) in [4.78, 5) is 23.9. The van der Waals surface area contributed by atoms with Crippen molar-refractivity contribution in [3.63, 3.8) is 0 Å². The van der Waals surface area contributed by atoms with Crippen LogP contribution in [0.2, 0.25) is 0 Å². The number of anilines is 2. The topological polar surface area (TPSA) is 54.3 Å². The molecule has 25 rings (SSSR count). The van der Waals surface area contributed by atoms with Gasteiger partial charge in [-0.3, -0.25) is 19.9 Å². The third-order valence-corrected chi connectivity index (χ3v) is 26.3. The molecule has 6 aliphatic rings. The summed E-state index contributed by atoms with van der Waals surface area (Å²) in [6.45, 7) is 2.18. The fourth-order valence-corrected chi connectivity index (χ4v) is 20.7. The first-order valence-electron chi connectivity index (χ1n) is 41.2. The molecule has 0 radical (unpaired) electrons. The highest BCUT2D eigenvalue weighted by molar-refractivity contribution is 6.23. The van der Waals surface area contributed by atoms with Gasteiger partial charge in [0, 0.05) is 80.5 Å². The number of allylic oxidation sites excluding steroid dienone is 3. The summed E-state index contributed by atoms with van der Waals surface area (Å²) in [5.74, 6) is 0.361. The maximum atomic E-state index is 5.56. The molecule has 19 aromatic rings. The van der Waals surface area contributed by atoms with Crippen molar-refractivity contribution in [2.24, 2.45) is 4.99 Å². The molecule has 118 heavy (non-hydrogen) atoms. The Balaban J connectivity index is 0.542. The van der Waals surface area contributed by atoms with Gasteiger partial charge in [0.25, 0.3) is 0 Å². The van der Waals surface area contributed by atoms with Crippen LogP contribution < -0.4 is 4.90 Å². The Kier molecular flexibility index (Phi) is 14.6. The number of para-hydroxylation sites is 2. The number of hydrogen-bond donors (Lipinski definition) is 0. The number of hydrogen-bond acceptors (Lipinski definition) is 5. The zero-order valence-electron chi connectivity index (χ0n) is 64.7. The van der Waals surface area contributed by atoms with Gasteiger partial charge >= 0.3 is 0 Å². The van der Waals surface area contributed by atoms with Crippen LogP contribution in [0.25, 0.3) is 182 Å². The zero-order valence-corrected chi connectivity index (χ0v) is 64.7. The Hall–Kier alpha value is -15.0. The van der Waals surface area contributed by atoms with E-state index < -0.39 is 0 Å². The summed E-state index contributed by atoms with van der Waals surface area (Å²) < 4.78 is 0. The van der Waals surface area contributed by atoms with Crippen molar-refractivity contribution >= 4 is 93.5 Å². The first kappa shape index (κ1) is 66.4. The Morgan fingerprint density at radius 1 is 0.305 bits per heavy atom. The van der Waals surface area contributed by atoms with Crippen molar-refractivity contribution in [3.8, 4) is 112 Å². The molecule has 0 amide bonds. The number of rotatable bonds is 7. The normalized spacial score (nSPS) is 14.9. The van der Waals surface area contributed by atoms with Crippen LogP contribution in [-0.4, -0.2) is 20.7 Å². The highest BCUT2D eigenvalue weighted by Crippen LogP contribution is 2.56. The van der Waals surface area contributed by atoms with E-state index in [2.05, 4.69) is 370 Å². The first-order valence-corrected chi connectivity index (χ1v) is 41.2. The molecular weight excluding hydrogens is 1430 g/mol. The molecule has 0 bridgehead atoms. The third-order valence-electron chi connectivity index (χ3n) is 26.3. The molecule has 3 aliphatic heterocycles. The minimum atomic E-state index is 0.0855. The molecule has 3 aromatic heterocycles. The van der Waals surface area contributed by atoms with Crippen molar-refractivity contribution in [2.75, 3.05) is 4.90 Å². The van der Waals surface area contributed by atoms with Gasteiger partial charge in [-0.2, -0.15) is 0 Å². The number of benzene rings is 16. The van der Waals surface area contributed by atoms with Crippen LogP contribution >= 0.6 is 0 Å². The van der Waals surface area contributed by atoms with E-state index in [4.69, 9.17) is 19.9 Å². The van der Waals surface area contributed by atoms with Crippen molar-refractivity contribution < 1.29 is 0 Å². The highest BCUT2D eigenvalue weighted by Gasteiger charge is 2.38. The van der Waals surface area contributed by atoms with Crippen LogP contribution in [0, 0.1) is 0 Å². The molecule has 0 fully saturated rings. The Bertz CT molecular complexity index is 7740. The molecule has 5 heteroatoms. The molecule has 6 heterocycles. The van der Waals surface area contributed by atoms with E-state index in [-0.39, 0.29) is 11.8 Å². The first-order chi connectivity index (χ1) is 58.4. The molecule has 5 nitrogen and oxygen atoms in total. The van der Waals surface area contributed by atoms with E-state index in [1.165, 1.54) is 143 Å². The number of aliphatic imine (C=N–C) groups is 1. The van der Waals surface area contributed by atoms with E-state index in [0.29, 0.717) is 0 Å². The lowest BCUT2D eigenvalue weighted by Gasteiger charge is -2.37. The Labute approximate surface area is 683 Å². The summed E-state index contributed by atoms with van der Waals surface area (Å²) >= 11 is 0. The third kappa shape index (κ3) is 10.4. The van der Waals surface area contributed by atoms with E-state index in [1.54, 1.807) is 0 Å². The van der Waals surface area contributed by atoms with Gasteiger partial charge < -0.3 is 4.90 Å². The number of fused-ring (bicyclic) bond motifs is 27. The Morgan fingerprint density at radius 2 is 0.805 bits per heavy atom. The SMILES string of the molecule is CC1=C=C2c3c(-c4ccc5ccc(-c6ccc7cc(-c8ccc9c(c8)-c8ncc(-c%10ccc%11ccc(-c%12c%13ccccc%13c(-c%13ccc%14c(c%13)-c%13ncccc%13C%13=CCc%15ccccc%15C%13C%14)c%13ccccc%12%13)cc%11c%10)cc8C8=Nc%10ccccc%10C8C9)ccc7c6)cc5c4)ccnc3-c3cc(-c4ccccc4)ccc3N2c2ccccc21. The van der Waals surface area contributed by atoms with Crippen LogP contribution in [0.15, 0.2) is 375 Å². The summed E-state index contributed by atoms with van der Waals surface area (Å²) in [7, 11) is 0. The monoisotopic (exact) mass is 1500 g/mol. The van der Waals surface area contributed by atoms with Crippen molar-refractivity contribution in [1.29, 1.82) is 0 Å². The van der Waals surface area contributed by atoms with Crippen molar-refractivity contribution in [2.45, 2.75) is 38.0 Å². The van der Waals surface area contributed by atoms with E-state index in [0.717, 1.165) is 132 Å². The summed E-state index contributed by atoms with van der Waals surface area (Å²) in [5.41, 5.74) is 45.9. The summed E-state index contributed by atoms with van der Waals surface area (Å²) in [5, 5.41) is 12.0. The molecule has 0 saturated heterocycles. The predicted molar refractivity (Wildman–Crippen MR) is 490 cm³/mol. The van der Waals surface area contributed by atoms with Gasteiger partial charge in [0.05, 0.1) is 45.6 Å². The lowest BCUT2D eigenvalue weighted by atomic mass is 9.77. The average molecular weight is 1500 g/mol. The van der Waals surface area contributed by atoms with Gasteiger partial charge in [0.15, 0.2) is 0 Å². The largest absolute Gasteiger partial charge is 0.302 e. The fourth-order valence-electron chi connectivity index (χ4n) is 20.7. The molecule has 16 aromatic carbocycles. The van der Waals surface area contributed by atoms with E-state index in [9.17, 15) is 0 Å². The molecule has 3 aliphatic carbocycles. The second kappa shape index (κ2) is 26.0. The molecule has 0 spiro atoms. The van der Waals surface area contributed by atoms with Gasteiger partial charge in [0.1, 0.15) is 0 Å². The molecular formula is C113H71N5. The number of aromatic nitrogens is 3. The van der Waals surface area contributed by atoms with Gasteiger partial charge in [-0.1, -0.05) is 261 Å². The van der Waals surface area contributed by atoms with E-state index >= 15 is 0 Å². The number of nitrogens with zero attached hydrogens (tertiary/aromatic N) is 5. The average Bonchev–Trinajstić information content (AvgIpc) is 0.947. The Morgan fingerprint density at radius 3 is 1.54 bits per heavy atom. The lowest BCUT2D eigenvalue weighted by Crippen LogP contribution is -2.24. The van der Waals surface area contributed by atoms with Gasteiger partial charge in [-0.15, -0.1) is 0 Å². The van der Waals surface area contributed by atoms with Crippen LogP contribution in [0.3, 0.4) is 0 Å². The van der Waals surface area contributed by atoms with Gasteiger partial charge in [0.2, 0.25) is 0 Å². The molecule has 2 atom stereocenters. The van der Waals surface area contributed by atoms with Crippen LogP contribution in [0.1, 0.15) is 68.8 Å². The zero-order chi connectivity index (χ0) is 77.4. The standard InChI is InChI=1S/C113H71N5/c1-66-52-106-109-89(49-51-115-113(109)101-60-77(67-16-3-2-4-17-67)46-48-105(101)118(106)104-28-14-12-19-87(66)104)79-40-31-68-29-33-75(55-84(68)57-79)73-36-35-72-54-74(38-37-71(72)53-73)78-39-41-81-62-100-91-21-11-13-27-103(91)117-112(100)102-64-86(65-116-111(102)97(81)59-78)76-34-30-69-32-43-82(58-85(69)56-76)107-92-22-7-9-24-94(92)108(95-25-10-8-23-93(95)107)83-44-42-80-61-99-88-20-6-5-18-70(88)45-47-90(99)96-26-15-50-114-110(96)98(80)63-83/h2-44,46-51,53-60,63-65,99-100H,45,61-62H2,1H3. The molecule has 548 valence electrons. The second-order valence-electron chi connectivity index (χ2n) is 32.7. The molecule has 2 unspecified atom stereocenters. The number of pyridine rings is 3. The maximum Gasteiger partial charge on any atom is 0.0995 e. The van der Waals surface area contributed by atoms with Crippen LogP contribution in [0.4, 0.5) is 17.1 Å². The molecule has 0 saturated carbocycles. The van der Waals surface area contributed by atoms with Gasteiger partial charge in [-0.25, -0.2) is 0 Å². The highest BCUT2D eigenvalue weighted by atomic mass is 15.2. The minimum absolute atomic E-state index is 0.0855. The maximum absolute atomic E-state index is 5.56. The van der Waals surface area contributed by atoms with Crippen molar-refractivity contribution in [3.05, 3.63) is 420 Å². The summed E-state index contributed by atoms with van der Waals surface area (Å²) in [6.07, 6.45) is 11.2. The lowest BCUT2D eigenvalue weighted by molar-refractivity contribution is 0.830. The van der Waals surface area contributed by atoms with Gasteiger partial charge in [-0.05, 0) is 277 Å². The molecule has 0 N–H and O–H groups in total. The quantitative estimate of drug-likeness (QED) is 0.118. The second-order valence-corrected chi connectivity index (χ2v) is 32.7. The van der Waals surface area contributed by atoms with Crippen LogP contribution in [0.5, 0.6) is 0 Å². The smallest absolute Gasteiger partial charge is 0.0995 e. The predicted octanol–water partition coefficient (Wildman–Crippen LogP) is 28.9. The van der Waals surface area contributed by atoms with Crippen LogP contribution in [-0.2, 0) is 19.3 Å². The summed E-state index contributed by atoms with van der Waals surface area (Å²) in [6, 6.07) is 127. The van der Waals surface area contributed by atoms with E-state index in [1.807, 2.05) is 12.4 Å². The minimum Gasteiger partial charge on any atom is -0.302 e. The van der Waals surface area contributed by atoms with Crippen molar-refractivity contribution in [1.82, 2.24) is 15.0 Å².